The Balaban J connectivity index is 0.000000122. The van der Waals surface area contributed by atoms with E-state index in [0.717, 1.165) is 126 Å². The van der Waals surface area contributed by atoms with Gasteiger partial charge in [0, 0.05) is 59.2 Å². The van der Waals surface area contributed by atoms with Crippen molar-refractivity contribution in [2.45, 2.75) is 70.6 Å². The molecule has 0 saturated heterocycles. The molecule has 20 nitrogen and oxygen atoms in total. The van der Waals surface area contributed by atoms with Crippen LogP contribution in [0.25, 0.3) is 90.1 Å². The summed E-state index contributed by atoms with van der Waals surface area (Å²) in [5, 5.41) is 49.9. The van der Waals surface area contributed by atoms with E-state index in [1.807, 2.05) is 109 Å². The highest BCUT2D eigenvalue weighted by Gasteiger charge is 2.32. The van der Waals surface area contributed by atoms with Gasteiger partial charge in [-0.2, -0.15) is 0 Å². The molecular formula is C103H74F7IN12O8. The first-order valence-electron chi connectivity index (χ1n) is 41.6. The predicted octanol–water partition coefficient (Wildman–Crippen LogP) is 20.8. The number of nitrogens with zero attached hydrogens (tertiary/aromatic N) is 8. The van der Waals surface area contributed by atoms with Crippen LogP contribution < -0.4 is 21.3 Å². The van der Waals surface area contributed by atoms with Crippen LogP contribution in [0.1, 0.15) is 72.1 Å². The fourth-order valence-corrected chi connectivity index (χ4v) is 16.2. The number of hydrogen-bond donors (Lipinski definition) is 8. The highest BCUT2D eigenvalue weighted by Crippen LogP contribution is 2.42. The van der Waals surface area contributed by atoms with Gasteiger partial charge >= 0.3 is 0 Å². The minimum absolute atomic E-state index is 0.00749. The molecule has 4 aliphatic rings. The van der Waals surface area contributed by atoms with Gasteiger partial charge in [0.05, 0.1) is 64.8 Å². The summed E-state index contributed by atoms with van der Waals surface area (Å²) in [6.07, 6.45) is 5.00. The Morgan fingerprint density at radius 3 is 0.908 bits per heavy atom. The summed E-state index contributed by atoms with van der Waals surface area (Å²) in [5.74, 6) is -13.0. The maximum Gasteiger partial charge on any atom is 0.256 e. The average Bonchev–Trinajstić information content (AvgIpc) is 0.752. The number of aromatic hydroxyl groups is 4. The second-order valence-electron chi connectivity index (χ2n) is 31.1. The van der Waals surface area contributed by atoms with E-state index in [-0.39, 0.29) is 65.0 Å². The zero-order valence-electron chi connectivity index (χ0n) is 69.2. The summed E-state index contributed by atoms with van der Waals surface area (Å²) >= 11 is 2.25. The Hall–Kier alpha value is -15.7. The Morgan fingerprint density at radius 2 is 0.573 bits per heavy atom. The molecule has 28 heteroatoms. The van der Waals surface area contributed by atoms with Crippen molar-refractivity contribution >= 4 is 69.5 Å². The number of hydrogen-bond acceptors (Lipinski definition) is 16. The molecule has 0 aliphatic heterocycles. The molecule has 0 fully saturated rings. The van der Waals surface area contributed by atoms with Crippen molar-refractivity contribution in [2.24, 2.45) is 0 Å². The lowest BCUT2D eigenvalue weighted by Crippen LogP contribution is -2.21. The van der Waals surface area contributed by atoms with Crippen LogP contribution in [0.15, 0.2) is 267 Å². The molecule has 16 aromatic rings. The van der Waals surface area contributed by atoms with Crippen LogP contribution >= 0.6 is 22.6 Å². The third-order valence-corrected chi connectivity index (χ3v) is 23.1. The van der Waals surface area contributed by atoms with Gasteiger partial charge in [0.1, 0.15) is 45.8 Å². The molecule has 650 valence electrons. The molecule has 0 atom stereocenters. The van der Waals surface area contributed by atoms with E-state index in [1.165, 1.54) is 47.0 Å². The van der Waals surface area contributed by atoms with E-state index in [0.29, 0.717) is 81.6 Å². The number of carbonyl (C=O) groups is 4. The number of amides is 4. The van der Waals surface area contributed by atoms with E-state index in [4.69, 9.17) is 34.9 Å². The Morgan fingerprint density at radius 1 is 0.282 bits per heavy atom. The zero-order chi connectivity index (χ0) is 91.1. The minimum Gasteiger partial charge on any atom is -0.508 e. The van der Waals surface area contributed by atoms with Crippen molar-refractivity contribution in [1.82, 2.24) is 39.9 Å². The first-order valence-corrected chi connectivity index (χ1v) is 42.6. The highest BCUT2D eigenvalue weighted by atomic mass is 127. The number of phenols is 4. The lowest BCUT2D eigenvalue weighted by atomic mass is 9.91. The molecule has 0 unspecified atom stereocenters. The fraction of sp³-hybridized carbons (Fsp3) is 0.107. The highest BCUT2D eigenvalue weighted by molar-refractivity contribution is 14.1. The molecule has 0 saturated carbocycles. The lowest BCUT2D eigenvalue weighted by Gasteiger charge is -2.21. The van der Waals surface area contributed by atoms with Gasteiger partial charge in [-0.1, -0.05) is 133 Å². The Bertz CT molecular complexity index is 7100. The fourth-order valence-electron chi connectivity index (χ4n) is 15.8. The minimum atomic E-state index is -2.30. The third-order valence-electron chi connectivity index (χ3n) is 22.4. The van der Waals surface area contributed by atoms with E-state index in [1.54, 1.807) is 84.9 Å². The van der Waals surface area contributed by atoms with Crippen LogP contribution in [0.3, 0.4) is 0 Å². The lowest BCUT2D eigenvalue weighted by molar-refractivity contribution is -0.116. The van der Waals surface area contributed by atoms with E-state index in [2.05, 4.69) is 79.2 Å². The zero-order valence-corrected chi connectivity index (χ0v) is 71.4. The number of halogens is 8. The first kappa shape index (κ1) is 87.4. The van der Waals surface area contributed by atoms with Crippen molar-refractivity contribution < 1.29 is 70.3 Å². The van der Waals surface area contributed by atoms with Crippen molar-refractivity contribution in [1.29, 1.82) is 0 Å². The topological polar surface area (TPSA) is 300 Å². The third kappa shape index (κ3) is 19.6. The van der Waals surface area contributed by atoms with Crippen LogP contribution in [-0.2, 0) is 85.0 Å². The summed E-state index contributed by atoms with van der Waals surface area (Å²) in [4.78, 5) is 89.5. The second kappa shape index (κ2) is 38.5. The maximum absolute atomic E-state index is 14.1. The number of aromatic nitrogens is 8. The molecular weight excluding hydrogens is 1790 g/mol. The predicted molar refractivity (Wildman–Crippen MR) is 491 cm³/mol. The SMILES string of the molecule is O=C(Cc1c(F)c(F)c(F)c(F)c1F)Nc1nc2c(nc1-c1ccc(O)cc1)-c1ccccc1CC2.O=C(Cc1ccc(F)c(F)c1)Nc1nc2c(nc1-c1ccc(O)cc1)-c1ccccc1CC2.O=C(Cc1ccc(I)cc1)Nc1nc2c(nc1-c1ccc(O)cc1)-c1ccccc1CC2.O=C(Nc1nc2c(nc1-c1ccc(O)cc1)-c1ccccc1CC2)c1ccccc1. The van der Waals surface area contributed by atoms with Crippen molar-refractivity contribution in [2.75, 3.05) is 21.3 Å². The van der Waals surface area contributed by atoms with Gasteiger partial charge in [-0.15, -0.1) is 0 Å². The van der Waals surface area contributed by atoms with Crippen molar-refractivity contribution in [3.8, 4) is 113 Å². The van der Waals surface area contributed by atoms with E-state index < -0.39 is 64.5 Å². The van der Waals surface area contributed by atoms with Gasteiger partial charge in [0.2, 0.25) is 23.5 Å². The number of carbonyl (C=O) groups excluding carboxylic acids is 4. The number of benzene rings is 12. The molecule has 4 aromatic heterocycles. The summed E-state index contributed by atoms with van der Waals surface area (Å²) in [6.45, 7) is 0. The quantitative estimate of drug-likeness (QED) is 0.0205. The molecule has 4 heterocycles. The van der Waals surface area contributed by atoms with Crippen LogP contribution in [0.5, 0.6) is 23.0 Å². The van der Waals surface area contributed by atoms with Crippen LogP contribution in [0, 0.1) is 44.3 Å². The molecule has 4 amide bonds. The monoisotopic (exact) mass is 1870 g/mol. The van der Waals surface area contributed by atoms with Gasteiger partial charge in [0.25, 0.3) is 5.91 Å². The molecule has 4 aliphatic carbocycles. The van der Waals surface area contributed by atoms with E-state index in [9.17, 15) is 70.3 Å². The van der Waals surface area contributed by atoms with Crippen LogP contribution in [-0.4, -0.2) is 83.9 Å². The Kier molecular flexibility index (Phi) is 25.6. The smallest absolute Gasteiger partial charge is 0.256 e. The van der Waals surface area contributed by atoms with Crippen LogP contribution in [0.4, 0.5) is 54.0 Å². The van der Waals surface area contributed by atoms with Gasteiger partial charge in [0.15, 0.2) is 58.2 Å². The molecule has 0 spiro atoms. The number of phenolic OH excluding ortho intramolecular Hbond substituents is 4. The average molecular weight is 1870 g/mol. The molecule has 0 radical (unpaired) electrons. The first-order chi connectivity index (χ1) is 63.5. The van der Waals surface area contributed by atoms with Gasteiger partial charge in [-0.25, -0.2) is 70.6 Å². The van der Waals surface area contributed by atoms with Crippen molar-refractivity contribution in [3.63, 3.8) is 0 Å². The van der Waals surface area contributed by atoms with E-state index >= 15 is 0 Å². The van der Waals surface area contributed by atoms with Crippen molar-refractivity contribution in [3.05, 3.63) is 378 Å². The standard InChI is InChI=1S/C26H16F5N3O2.C26H19F2N3O2.C26H20IN3O2.C25H19N3O2/c27-19-16(20(28)22(30)23(31)21(19)29)11-18(36)33-26-24(13-5-8-14(35)9-6-13)34-25-15-4-2-1-3-12(15)7-10-17(25)32-26;27-20-11-5-15(13-21(20)28)14-23(33)30-26-24(17-6-9-18(32)10-7-17)31-25-19-4-2-1-3-16(19)8-12-22(25)29-26;27-19-10-5-16(6-11-19)15-23(32)29-26-24(18-7-12-20(31)13-8-18)30-25-21-4-2-1-3-17(21)9-14-22(25)28-26;29-19-13-10-17(11-14-19)22-24(28-25(30)18-7-2-1-3-8-18)26-21-15-12-16-6-4-5-9-20(16)23(21)27-22/h1-6,8-9,35H,7,10-11H2,(H,32,33,36);1-7,9-11,13,32H,8,12,14H2,(H,29,30,33);1-8,10-13,31H,9,14-15H2,(H,28,29,32);1-11,13-14,29H,12,15H2,(H,26,28,30). The molecule has 0 bridgehead atoms. The number of fused-ring (bicyclic) bond motifs is 12. The normalized spacial score (nSPS) is 12.1. The van der Waals surface area contributed by atoms with Gasteiger partial charge in [-0.05, 0) is 241 Å². The summed E-state index contributed by atoms with van der Waals surface area (Å²) in [7, 11) is 0. The number of aryl methyl sites for hydroxylation is 8. The van der Waals surface area contributed by atoms with Gasteiger partial charge < -0.3 is 41.7 Å². The number of rotatable bonds is 15. The number of anilines is 4. The molecule has 12 aromatic carbocycles. The molecule has 8 N–H and O–H groups in total. The summed E-state index contributed by atoms with van der Waals surface area (Å²) in [5.41, 5.74) is 20.1. The second-order valence-corrected chi connectivity index (χ2v) is 32.3. The summed E-state index contributed by atoms with van der Waals surface area (Å²) < 4.78 is 96.6. The summed E-state index contributed by atoms with van der Waals surface area (Å²) in [6, 6.07) is 78.3. The van der Waals surface area contributed by atoms with Gasteiger partial charge in [-0.3, -0.25) is 19.2 Å². The Labute approximate surface area is 758 Å². The molecule has 131 heavy (non-hydrogen) atoms. The molecule has 20 rings (SSSR count). The largest absolute Gasteiger partial charge is 0.508 e. The number of nitrogens with one attached hydrogen (secondary N) is 4. The maximum atomic E-state index is 14.1. The van der Waals surface area contributed by atoms with Crippen LogP contribution in [0.2, 0.25) is 0 Å².